The Bertz CT molecular complexity index is 3370. The fraction of sp³-hybridized carbons (Fsp3) is 0.0909. The van der Waals surface area contributed by atoms with Gasteiger partial charge in [0, 0.05) is 26.9 Å². The zero-order valence-electron chi connectivity index (χ0n) is 32.9. The first-order valence-electron chi connectivity index (χ1n) is 20.9. The molecule has 288 valence electrons. The van der Waals surface area contributed by atoms with Crippen LogP contribution >= 0.6 is 0 Å². The molecule has 0 bridgehead atoms. The van der Waals surface area contributed by atoms with Crippen LogP contribution in [0.15, 0.2) is 191 Å². The summed E-state index contributed by atoms with van der Waals surface area (Å²) < 4.78 is 13.5. The molecule has 0 saturated carbocycles. The van der Waals surface area contributed by atoms with Gasteiger partial charge in [-0.3, -0.25) is 16.0 Å². The highest BCUT2D eigenvalue weighted by atomic mass is 16.3. The fourth-order valence-electron chi connectivity index (χ4n) is 9.56. The van der Waals surface area contributed by atoms with Crippen molar-refractivity contribution in [3.05, 3.63) is 215 Å². The Kier molecular flexibility index (Phi) is 8.37. The van der Waals surface area contributed by atoms with E-state index in [0.29, 0.717) is 0 Å². The maximum atomic E-state index is 6.97. The van der Waals surface area contributed by atoms with Crippen molar-refractivity contribution in [1.29, 1.82) is 0 Å². The van der Waals surface area contributed by atoms with Crippen molar-refractivity contribution < 1.29 is 8.83 Å². The van der Waals surface area contributed by atoms with Crippen LogP contribution in [0.4, 0.5) is 0 Å². The highest BCUT2D eigenvalue weighted by Gasteiger charge is 2.32. The summed E-state index contributed by atoms with van der Waals surface area (Å²) in [4.78, 5) is 0. The van der Waals surface area contributed by atoms with Crippen LogP contribution in [-0.4, -0.2) is 0 Å². The van der Waals surface area contributed by atoms with E-state index in [2.05, 4.69) is 204 Å². The van der Waals surface area contributed by atoms with Gasteiger partial charge in [-0.1, -0.05) is 158 Å². The van der Waals surface area contributed by atoms with Gasteiger partial charge in [0.25, 0.3) is 0 Å². The summed E-state index contributed by atoms with van der Waals surface area (Å²) in [6.45, 7) is 0. The molecule has 1 saturated heterocycles. The molecule has 1 aliphatic carbocycles. The molecule has 3 heterocycles. The molecule has 12 rings (SSSR count). The largest absolute Gasteiger partial charge is 0.456 e. The SMILES string of the molecule is C1=c2oc3ccc4ccccc4c3c2=C(c2ccc3c(c2)oc2c(C4NC(c5ccc(-c6ccccc6)cc5)NC(c5cccc(-c6ccccc6)c5)N4)cccc23)CC1. The number of nitrogens with one attached hydrogen (secondary N) is 3. The van der Waals surface area contributed by atoms with Crippen molar-refractivity contribution >= 4 is 55.3 Å². The molecule has 1 fully saturated rings. The van der Waals surface area contributed by atoms with Crippen LogP contribution < -0.4 is 26.6 Å². The molecule has 0 spiro atoms. The van der Waals surface area contributed by atoms with Gasteiger partial charge in [0.15, 0.2) is 0 Å². The Morgan fingerprint density at radius 1 is 0.433 bits per heavy atom. The van der Waals surface area contributed by atoms with Gasteiger partial charge >= 0.3 is 0 Å². The average molecular weight is 776 g/mol. The minimum absolute atomic E-state index is 0.146. The first-order valence-corrected chi connectivity index (χ1v) is 20.9. The lowest BCUT2D eigenvalue weighted by Gasteiger charge is -2.39. The molecule has 5 nitrogen and oxygen atoms in total. The zero-order chi connectivity index (χ0) is 39.6. The first kappa shape index (κ1) is 35.0. The number of rotatable bonds is 6. The van der Waals surface area contributed by atoms with Crippen molar-refractivity contribution in [2.24, 2.45) is 0 Å². The summed E-state index contributed by atoms with van der Waals surface area (Å²) >= 11 is 0. The van der Waals surface area contributed by atoms with Gasteiger partial charge in [-0.2, -0.15) is 0 Å². The molecule has 10 aromatic rings. The monoisotopic (exact) mass is 775 g/mol. The summed E-state index contributed by atoms with van der Waals surface area (Å²) in [7, 11) is 0. The van der Waals surface area contributed by atoms with E-state index in [4.69, 9.17) is 8.83 Å². The van der Waals surface area contributed by atoms with Crippen molar-refractivity contribution in [3.8, 4) is 22.3 Å². The third-order valence-corrected chi connectivity index (χ3v) is 12.5. The molecule has 0 radical (unpaired) electrons. The van der Waals surface area contributed by atoms with Crippen molar-refractivity contribution in [1.82, 2.24) is 16.0 Å². The van der Waals surface area contributed by atoms with Gasteiger partial charge in [0.2, 0.25) is 0 Å². The maximum Gasteiger partial charge on any atom is 0.141 e. The van der Waals surface area contributed by atoms with Gasteiger partial charge in [-0.25, -0.2) is 0 Å². The van der Waals surface area contributed by atoms with E-state index in [1.54, 1.807) is 0 Å². The maximum absolute atomic E-state index is 6.97. The summed E-state index contributed by atoms with van der Waals surface area (Å²) in [5.41, 5.74) is 14.3. The second kappa shape index (κ2) is 14.4. The van der Waals surface area contributed by atoms with E-state index in [1.807, 2.05) is 0 Å². The van der Waals surface area contributed by atoms with Crippen molar-refractivity contribution in [3.63, 3.8) is 0 Å². The van der Waals surface area contributed by atoms with Crippen molar-refractivity contribution in [2.45, 2.75) is 31.3 Å². The van der Waals surface area contributed by atoms with Gasteiger partial charge < -0.3 is 8.83 Å². The van der Waals surface area contributed by atoms with Crippen LogP contribution in [0.2, 0.25) is 0 Å². The van der Waals surface area contributed by atoms with E-state index in [9.17, 15) is 0 Å². The Labute approximate surface area is 347 Å². The molecule has 2 aromatic heterocycles. The van der Waals surface area contributed by atoms with Gasteiger partial charge in [0.1, 0.15) is 22.2 Å². The highest BCUT2D eigenvalue weighted by molar-refractivity contribution is 6.09. The number of fused-ring (bicyclic) bond motifs is 8. The molecule has 3 atom stereocenters. The number of benzene rings is 8. The molecule has 60 heavy (non-hydrogen) atoms. The Morgan fingerprint density at radius 3 is 1.93 bits per heavy atom. The Morgan fingerprint density at radius 2 is 1.10 bits per heavy atom. The van der Waals surface area contributed by atoms with Crippen molar-refractivity contribution in [2.75, 3.05) is 0 Å². The second-order valence-electron chi connectivity index (χ2n) is 16.0. The molecule has 8 aromatic carbocycles. The van der Waals surface area contributed by atoms with Gasteiger partial charge in [-0.15, -0.1) is 0 Å². The second-order valence-corrected chi connectivity index (χ2v) is 16.0. The highest BCUT2D eigenvalue weighted by Crippen LogP contribution is 2.38. The normalized spacial score (nSPS) is 17.9. The lowest BCUT2D eigenvalue weighted by Crippen LogP contribution is -2.54. The molecule has 0 amide bonds. The van der Waals surface area contributed by atoms with Gasteiger partial charge in [0.05, 0.1) is 18.5 Å². The van der Waals surface area contributed by atoms with E-state index < -0.39 is 0 Å². The molecule has 1 aliphatic heterocycles. The minimum Gasteiger partial charge on any atom is -0.456 e. The number of furan rings is 2. The fourth-order valence-corrected chi connectivity index (χ4v) is 9.56. The topological polar surface area (TPSA) is 62.4 Å². The third kappa shape index (κ3) is 5.98. The summed E-state index contributed by atoms with van der Waals surface area (Å²) in [5, 5.41) is 18.8. The predicted octanol–water partition coefficient (Wildman–Crippen LogP) is 11.8. The van der Waals surface area contributed by atoms with Crippen LogP contribution in [0.5, 0.6) is 0 Å². The number of hydrogen-bond donors (Lipinski definition) is 3. The van der Waals surface area contributed by atoms with Crippen LogP contribution in [0, 0.1) is 0 Å². The lowest BCUT2D eigenvalue weighted by molar-refractivity contribution is 0.203. The summed E-state index contributed by atoms with van der Waals surface area (Å²) in [6, 6.07) is 65.0. The number of hydrogen-bond acceptors (Lipinski definition) is 5. The van der Waals surface area contributed by atoms with Crippen LogP contribution in [0.3, 0.4) is 0 Å². The smallest absolute Gasteiger partial charge is 0.141 e. The van der Waals surface area contributed by atoms with E-state index in [0.717, 1.165) is 62.5 Å². The van der Waals surface area contributed by atoms with Crippen LogP contribution in [0.1, 0.15) is 53.6 Å². The quantitative estimate of drug-likeness (QED) is 0.157. The molecular weight excluding hydrogens is 735 g/mol. The average Bonchev–Trinajstić information content (AvgIpc) is 3.91. The zero-order valence-corrected chi connectivity index (χ0v) is 32.9. The molecule has 5 heteroatoms. The molecular formula is C55H41N3O2. The van der Waals surface area contributed by atoms with Gasteiger partial charge in [-0.05, 0) is 98.5 Å². The first-order chi connectivity index (χ1) is 29.7. The van der Waals surface area contributed by atoms with Crippen LogP contribution in [-0.2, 0) is 0 Å². The Balaban J connectivity index is 0.960. The minimum atomic E-state index is -0.226. The standard InChI is InChI=1S/C55H41N3O2/c1-3-12-34(13-4-1)36-24-26-38(27-25-36)53-56-54(41-18-9-17-39(32-41)35-14-5-2-6-15-35)58-55(57-53)46-22-10-21-45-44-30-28-40(33-49(44)60-52(45)46)43-20-11-23-47-51(43)50-42-19-8-7-16-37(42)29-31-48(50)59-47/h1-10,12-19,21-33,53-58H,11,20H2. The predicted molar refractivity (Wildman–Crippen MR) is 244 cm³/mol. The lowest BCUT2D eigenvalue weighted by atomic mass is 9.93. The summed E-state index contributed by atoms with van der Waals surface area (Å²) in [5.74, 6) is 0. The summed E-state index contributed by atoms with van der Waals surface area (Å²) in [6.07, 6.45) is 3.59. The molecule has 3 N–H and O–H groups in total. The molecule has 3 unspecified atom stereocenters. The number of para-hydroxylation sites is 1. The van der Waals surface area contributed by atoms with E-state index in [-0.39, 0.29) is 18.5 Å². The third-order valence-electron chi connectivity index (χ3n) is 12.5. The van der Waals surface area contributed by atoms with E-state index >= 15 is 0 Å². The molecule has 2 aliphatic rings. The van der Waals surface area contributed by atoms with Crippen LogP contribution in [0.25, 0.3) is 77.6 Å². The van der Waals surface area contributed by atoms with E-state index in [1.165, 1.54) is 54.8 Å². The Hall–Kier alpha value is -7.02.